The first-order chi connectivity index (χ1) is 15.7. The van der Waals surface area contributed by atoms with Crippen LogP contribution in [0.1, 0.15) is 79.1 Å². The Bertz CT molecular complexity index is 739. The number of carbonyl (C=O) groups excluding carboxylic acids is 3. The molecule has 186 valence electrons. The molecule has 0 spiro atoms. The van der Waals surface area contributed by atoms with E-state index in [-0.39, 0.29) is 54.4 Å². The zero-order valence-electron chi connectivity index (χ0n) is 20.9. The molecule has 0 heterocycles. The number of ketones is 1. The van der Waals surface area contributed by atoms with Gasteiger partial charge < -0.3 is 14.6 Å². The number of hydrogen-bond acceptors (Lipinski definition) is 6. The Morgan fingerprint density at radius 3 is 2.61 bits per heavy atom. The minimum Gasteiger partial charge on any atom is -0.469 e. The number of aliphatic hydroxyl groups excluding tert-OH is 1. The number of rotatable bonds is 11. The van der Waals surface area contributed by atoms with Crippen LogP contribution in [0, 0.1) is 29.6 Å². The Morgan fingerprint density at radius 2 is 1.97 bits per heavy atom. The number of esters is 2. The average molecular weight is 463 g/mol. The van der Waals surface area contributed by atoms with Gasteiger partial charge in [-0.1, -0.05) is 39.0 Å². The van der Waals surface area contributed by atoms with Crippen molar-refractivity contribution in [2.24, 2.45) is 29.6 Å². The molecule has 0 radical (unpaired) electrons. The van der Waals surface area contributed by atoms with Crippen molar-refractivity contribution in [1.82, 2.24) is 0 Å². The molecule has 0 aliphatic heterocycles. The quantitative estimate of drug-likeness (QED) is 0.444. The first kappa shape index (κ1) is 27.3. The van der Waals surface area contributed by atoms with E-state index >= 15 is 0 Å². The van der Waals surface area contributed by atoms with Crippen molar-refractivity contribution in [2.45, 2.75) is 91.3 Å². The Kier molecular flexibility index (Phi) is 10.8. The topological polar surface area (TPSA) is 89.9 Å². The normalized spacial score (nSPS) is 29.0. The van der Waals surface area contributed by atoms with Crippen LogP contribution in [0.5, 0.6) is 0 Å². The number of aliphatic hydroxyl groups is 1. The number of Topliss-reactive ketones (excluding diaryl/α,β-unsaturated/α-hetero) is 1. The van der Waals surface area contributed by atoms with Gasteiger partial charge in [-0.15, -0.1) is 0 Å². The van der Waals surface area contributed by atoms with Crippen LogP contribution in [0.2, 0.25) is 0 Å². The summed E-state index contributed by atoms with van der Waals surface area (Å²) in [5.41, 5.74) is 1.29. The smallest absolute Gasteiger partial charge is 0.308 e. The predicted molar refractivity (Wildman–Crippen MR) is 127 cm³/mol. The third-order valence-electron chi connectivity index (χ3n) is 7.51. The maximum atomic E-state index is 12.6. The van der Waals surface area contributed by atoms with E-state index in [1.165, 1.54) is 12.7 Å². The highest BCUT2D eigenvalue weighted by molar-refractivity contribution is 5.80. The van der Waals surface area contributed by atoms with Crippen molar-refractivity contribution in [1.29, 1.82) is 0 Å². The summed E-state index contributed by atoms with van der Waals surface area (Å²) in [6.45, 7) is 8.11. The number of ether oxygens (including phenoxy) is 2. The monoisotopic (exact) mass is 462 g/mol. The van der Waals surface area contributed by atoms with E-state index in [0.29, 0.717) is 18.8 Å². The second kappa shape index (κ2) is 13.1. The molecular weight excluding hydrogens is 420 g/mol. The molecule has 0 bridgehead atoms. The van der Waals surface area contributed by atoms with Gasteiger partial charge in [0.1, 0.15) is 11.9 Å². The minimum absolute atomic E-state index is 0.0473. The van der Waals surface area contributed by atoms with Crippen LogP contribution in [0.25, 0.3) is 0 Å². The van der Waals surface area contributed by atoms with E-state index in [4.69, 9.17) is 4.74 Å². The van der Waals surface area contributed by atoms with Crippen molar-refractivity contribution in [3.63, 3.8) is 0 Å². The fraction of sp³-hybridized carbons (Fsp3) is 0.741. The SMILES string of the molecule is CC=CC1=C[C@H]2CCC[C@H](OC(=O)[C@@H](C)CC)[C@@H]2[C@@H](CCC(=O)C[C@@H](O)CC(=O)OC)[C@@H]1C. The summed E-state index contributed by atoms with van der Waals surface area (Å²) in [6.07, 6.45) is 9.95. The van der Waals surface area contributed by atoms with E-state index in [1.54, 1.807) is 0 Å². The molecule has 6 nitrogen and oxygen atoms in total. The largest absolute Gasteiger partial charge is 0.469 e. The summed E-state index contributed by atoms with van der Waals surface area (Å²) >= 11 is 0. The number of carbonyl (C=O) groups is 3. The van der Waals surface area contributed by atoms with Gasteiger partial charge >= 0.3 is 11.9 Å². The summed E-state index contributed by atoms with van der Waals surface area (Å²) in [5, 5.41) is 10.0. The zero-order chi connectivity index (χ0) is 24.5. The molecule has 1 fully saturated rings. The fourth-order valence-electron chi connectivity index (χ4n) is 5.43. The van der Waals surface area contributed by atoms with Crippen molar-refractivity contribution in [3.05, 3.63) is 23.8 Å². The van der Waals surface area contributed by atoms with Crippen LogP contribution >= 0.6 is 0 Å². The molecule has 33 heavy (non-hydrogen) atoms. The summed E-state index contributed by atoms with van der Waals surface area (Å²) < 4.78 is 10.6. The predicted octanol–water partition coefficient (Wildman–Crippen LogP) is 4.79. The lowest BCUT2D eigenvalue weighted by atomic mass is 9.60. The van der Waals surface area contributed by atoms with Gasteiger partial charge in [0.25, 0.3) is 0 Å². The number of allylic oxidation sites excluding steroid dienone is 4. The van der Waals surface area contributed by atoms with E-state index < -0.39 is 12.1 Å². The maximum Gasteiger partial charge on any atom is 0.308 e. The van der Waals surface area contributed by atoms with Crippen LogP contribution in [0.4, 0.5) is 0 Å². The first-order valence-corrected chi connectivity index (χ1v) is 12.5. The highest BCUT2D eigenvalue weighted by Gasteiger charge is 2.45. The van der Waals surface area contributed by atoms with Crippen LogP contribution in [0.15, 0.2) is 23.8 Å². The average Bonchev–Trinajstić information content (AvgIpc) is 2.78. The van der Waals surface area contributed by atoms with E-state index in [1.807, 2.05) is 20.8 Å². The van der Waals surface area contributed by atoms with Crippen LogP contribution in [0.3, 0.4) is 0 Å². The lowest BCUT2D eigenvalue weighted by molar-refractivity contribution is -0.162. The maximum absolute atomic E-state index is 12.6. The minimum atomic E-state index is -1.01. The molecule has 0 amide bonds. The van der Waals surface area contributed by atoms with Gasteiger partial charge in [-0.25, -0.2) is 0 Å². The van der Waals surface area contributed by atoms with Gasteiger partial charge in [0.2, 0.25) is 0 Å². The first-order valence-electron chi connectivity index (χ1n) is 12.5. The highest BCUT2D eigenvalue weighted by atomic mass is 16.5. The summed E-state index contributed by atoms with van der Waals surface area (Å²) in [6, 6.07) is 0. The molecule has 1 N–H and O–H groups in total. The Labute approximate surface area is 198 Å². The van der Waals surface area contributed by atoms with Crippen molar-refractivity contribution < 1.29 is 29.0 Å². The van der Waals surface area contributed by atoms with Gasteiger partial charge in [0.15, 0.2) is 0 Å². The van der Waals surface area contributed by atoms with Gasteiger partial charge in [0.05, 0.1) is 25.6 Å². The molecule has 2 rings (SSSR count). The molecule has 0 aromatic heterocycles. The van der Waals surface area contributed by atoms with Crippen molar-refractivity contribution in [2.75, 3.05) is 7.11 Å². The molecule has 1 saturated carbocycles. The second-order valence-corrected chi connectivity index (χ2v) is 9.79. The van der Waals surface area contributed by atoms with Gasteiger partial charge in [-0.05, 0) is 62.4 Å². The van der Waals surface area contributed by atoms with Crippen LogP contribution < -0.4 is 0 Å². The van der Waals surface area contributed by atoms with Crippen LogP contribution in [-0.2, 0) is 23.9 Å². The lowest BCUT2D eigenvalue weighted by Gasteiger charge is -2.47. The molecule has 0 aromatic rings. The standard InChI is InChI=1S/C27H42O6/c1-6-9-19-14-20-10-8-11-24(33-27(31)17(3)7-2)26(20)23(18(19)4)13-12-21(28)15-22(29)16-25(30)32-5/h6,9,14,17-18,20,22-24,26,29H,7-8,10-13,15-16H2,1-5H3/t17-,18+,20+,22+,23-,24-,26-/m0/s1. The molecule has 0 saturated heterocycles. The Hall–Kier alpha value is -1.95. The molecular formula is C27H42O6. The van der Waals surface area contributed by atoms with Crippen molar-refractivity contribution >= 4 is 17.7 Å². The summed E-state index contributed by atoms with van der Waals surface area (Å²) in [4.78, 5) is 36.6. The molecule has 7 atom stereocenters. The Morgan fingerprint density at radius 1 is 1.24 bits per heavy atom. The molecule has 2 aliphatic carbocycles. The third kappa shape index (κ3) is 7.53. The van der Waals surface area contributed by atoms with Gasteiger partial charge in [-0.2, -0.15) is 0 Å². The summed E-state index contributed by atoms with van der Waals surface area (Å²) in [7, 11) is 1.27. The molecule has 6 heteroatoms. The van der Waals surface area contributed by atoms with Gasteiger partial charge in [-0.3, -0.25) is 14.4 Å². The van der Waals surface area contributed by atoms with Gasteiger partial charge in [0, 0.05) is 18.8 Å². The van der Waals surface area contributed by atoms with E-state index in [0.717, 1.165) is 25.7 Å². The molecule has 2 aliphatic rings. The molecule has 0 aromatic carbocycles. The number of methoxy groups -OCH3 is 1. The third-order valence-corrected chi connectivity index (χ3v) is 7.51. The number of hydrogen-bond donors (Lipinski definition) is 1. The number of fused-ring (bicyclic) bond motifs is 1. The highest BCUT2D eigenvalue weighted by Crippen LogP contribution is 2.48. The summed E-state index contributed by atoms with van der Waals surface area (Å²) in [5.74, 6) is 0.178. The van der Waals surface area contributed by atoms with E-state index in [2.05, 4.69) is 29.9 Å². The second-order valence-electron chi connectivity index (χ2n) is 9.79. The van der Waals surface area contributed by atoms with E-state index in [9.17, 15) is 19.5 Å². The zero-order valence-corrected chi connectivity index (χ0v) is 20.9. The lowest BCUT2D eigenvalue weighted by Crippen LogP contribution is -2.45. The fourth-order valence-corrected chi connectivity index (χ4v) is 5.43. The van der Waals surface area contributed by atoms with Crippen LogP contribution in [-0.4, -0.2) is 42.1 Å². The van der Waals surface area contributed by atoms with Crippen molar-refractivity contribution in [3.8, 4) is 0 Å². The molecule has 0 unspecified atom stereocenters. The Balaban J connectivity index is 2.15.